The van der Waals surface area contributed by atoms with E-state index in [1.807, 2.05) is 0 Å². The second kappa shape index (κ2) is 5.56. The summed E-state index contributed by atoms with van der Waals surface area (Å²) in [4.78, 5) is 0. The van der Waals surface area contributed by atoms with Crippen LogP contribution in [0.5, 0.6) is 0 Å². The minimum atomic E-state index is 0.457. The zero-order chi connectivity index (χ0) is 6.62. The molecule has 0 aromatic heterocycles. The van der Waals surface area contributed by atoms with Crippen molar-refractivity contribution in [3.63, 3.8) is 0 Å². The van der Waals surface area contributed by atoms with Gasteiger partial charge in [0.1, 0.15) is -0.565 Å². The third kappa shape index (κ3) is 8.92. The average molecular weight is 562 g/mol. The first-order chi connectivity index (χ1) is 3.56. The molecule has 0 amide bonds. The highest BCUT2D eigenvalue weighted by molar-refractivity contribution is 14.3. The van der Waals surface area contributed by atoms with Crippen molar-refractivity contribution in [2.24, 2.45) is 0 Å². The van der Waals surface area contributed by atoms with Gasteiger partial charge in [-0.2, -0.15) is 0 Å². The predicted octanol–water partition coefficient (Wildman–Crippen LogP) is 4.16. The van der Waals surface area contributed by atoms with Crippen LogP contribution in [-0.4, -0.2) is 3.86 Å². The fourth-order valence-corrected chi connectivity index (χ4v) is 1.79. The molecule has 0 aliphatic carbocycles. The van der Waals surface area contributed by atoms with E-state index < -0.39 is 0 Å². The first kappa shape index (κ1) is 10.9. The van der Waals surface area contributed by atoms with Crippen LogP contribution in [0.4, 0.5) is 0 Å². The zero-order valence-corrected chi connectivity index (χ0v) is 12.8. The van der Waals surface area contributed by atoms with Crippen molar-refractivity contribution in [1.29, 1.82) is 0 Å². The van der Waals surface area contributed by atoms with Crippen molar-refractivity contribution in [3.05, 3.63) is 0 Å². The minimum absolute atomic E-state index is 0.457. The summed E-state index contributed by atoms with van der Waals surface area (Å²) in [5, 5.41) is 0. The number of hydrogen-bond donors (Lipinski definition) is 0. The number of alkyl halides is 4. The van der Waals surface area contributed by atoms with E-state index in [9.17, 15) is 0 Å². The van der Waals surface area contributed by atoms with Gasteiger partial charge in [0.2, 0.25) is 0 Å². The summed E-state index contributed by atoms with van der Waals surface area (Å²) in [6.07, 6.45) is 2.66. The highest BCUT2D eigenvalue weighted by atomic mass is 127. The Morgan fingerprint density at radius 1 is 1.12 bits per heavy atom. The molecular formula is C4H6I4. The van der Waals surface area contributed by atoms with E-state index in [1.165, 1.54) is 17.3 Å². The van der Waals surface area contributed by atoms with Gasteiger partial charge in [0.15, 0.2) is 0 Å². The molecule has 0 unspecified atom stereocenters. The maximum absolute atomic E-state index is 2.47. The van der Waals surface area contributed by atoms with Crippen molar-refractivity contribution in [1.82, 2.24) is 0 Å². The largest absolute Gasteiger partial charge is 0.124 e. The van der Waals surface area contributed by atoms with Gasteiger partial charge in [-0.25, -0.2) is 0 Å². The van der Waals surface area contributed by atoms with Gasteiger partial charge in [-0.3, -0.25) is 0 Å². The van der Waals surface area contributed by atoms with Crippen LogP contribution < -0.4 is 0 Å². The maximum Gasteiger partial charge on any atom is 0.124 e. The average Bonchev–Trinajstić information content (AvgIpc) is 1.59. The van der Waals surface area contributed by atoms with Crippen molar-refractivity contribution in [3.8, 4) is 0 Å². The molecule has 0 saturated heterocycles. The van der Waals surface area contributed by atoms with Crippen molar-refractivity contribution >= 4 is 90.4 Å². The third-order valence-corrected chi connectivity index (χ3v) is 2.97. The van der Waals surface area contributed by atoms with Crippen molar-refractivity contribution < 1.29 is 0 Å². The molecule has 50 valence electrons. The second-order valence-corrected chi connectivity index (χ2v) is 14.2. The molecule has 0 N–H and O–H groups in total. The lowest BCUT2D eigenvalue weighted by molar-refractivity contribution is 0.907. The van der Waals surface area contributed by atoms with Crippen molar-refractivity contribution in [2.75, 3.05) is 4.43 Å². The molecule has 0 saturated carbocycles. The number of hydrogen-bond acceptors (Lipinski definition) is 0. The molecule has 0 aromatic carbocycles. The van der Waals surface area contributed by atoms with Crippen LogP contribution in [0.15, 0.2) is 0 Å². The highest BCUT2D eigenvalue weighted by Gasteiger charge is 2.14. The molecule has 0 heterocycles. The summed E-state index contributed by atoms with van der Waals surface area (Å²) in [6.45, 7) is 0. The molecule has 0 aromatic rings. The predicted molar refractivity (Wildman–Crippen MR) is 72.9 cm³/mol. The fourth-order valence-electron chi connectivity index (χ4n) is 0.267. The summed E-state index contributed by atoms with van der Waals surface area (Å²) in [6, 6.07) is 0. The van der Waals surface area contributed by atoms with E-state index in [0.717, 1.165) is 0 Å². The Hall–Kier alpha value is 2.92. The van der Waals surface area contributed by atoms with E-state index in [0.29, 0.717) is -0.565 Å². The molecule has 0 fully saturated rings. The molecule has 0 aliphatic heterocycles. The molecule has 4 heteroatoms. The van der Waals surface area contributed by atoms with Gasteiger partial charge in [0.25, 0.3) is 0 Å². The van der Waals surface area contributed by atoms with Gasteiger partial charge in [-0.05, 0) is 17.3 Å². The summed E-state index contributed by atoms with van der Waals surface area (Å²) in [5.74, 6) is 0. The molecule has 0 rings (SSSR count). The lowest BCUT2D eigenvalue weighted by Gasteiger charge is -2.09. The van der Waals surface area contributed by atoms with E-state index >= 15 is 0 Å². The normalized spacial score (nSPS) is 12.0. The molecule has 0 nitrogen and oxygen atoms in total. The summed E-state index contributed by atoms with van der Waals surface area (Å²) < 4.78 is 1.74. The highest BCUT2D eigenvalue weighted by Crippen LogP contribution is 2.39. The van der Waals surface area contributed by atoms with E-state index in [4.69, 9.17) is 0 Å². The minimum Gasteiger partial charge on any atom is -0.0864 e. The Bertz CT molecular complexity index is 55.5. The van der Waals surface area contributed by atoms with Crippen LogP contribution in [0.25, 0.3) is 0 Å². The molecule has 0 spiro atoms. The fraction of sp³-hybridized carbons (Fsp3) is 1.00. The lowest BCUT2D eigenvalue weighted by Crippen LogP contribution is -1.97. The Morgan fingerprint density at radius 2 is 1.62 bits per heavy atom. The third-order valence-electron chi connectivity index (χ3n) is 0.594. The summed E-state index contributed by atoms with van der Waals surface area (Å²) in [7, 11) is 0. The second-order valence-electron chi connectivity index (χ2n) is 1.41. The van der Waals surface area contributed by atoms with Crippen LogP contribution >= 0.6 is 90.4 Å². The monoisotopic (exact) mass is 562 g/mol. The number of rotatable bonds is 3. The Labute approximate surface area is 105 Å². The number of halogens is 4. The van der Waals surface area contributed by atoms with E-state index in [2.05, 4.69) is 90.4 Å². The Balaban J connectivity index is 3.11. The van der Waals surface area contributed by atoms with Crippen LogP contribution in [0.2, 0.25) is 0 Å². The van der Waals surface area contributed by atoms with E-state index in [-0.39, 0.29) is 0 Å². The van der Waals surface area contributed by atoms with Crippen molar-refractivity contribution in [2.45, 2.75) is 12.3 Å². The standard InChI is InChI=1S/C4H6I4/c5-3-1-2-4(6,7)8/h1-3H2. The zero-order valence-electron chi connectivity index (χ0n) is 4.13. The van der Waals surface area contributed by atoms with Crippen LogP contribution in [-0.2, 0) is 0 Å². The van der Waals surface area contributed by atoms with Gasteiger partial charge < -0.3 is 0 Å². The first-order valence-corrected chi connectivity index (χ1v) is 6.95. The van der Waals surface area contributed by atoms with Gasteiger partial charge in [0, 0.05) is 0 Å². The van der Waals surface area contributed by atoms with Crippen LogP contribution in [0.1, 0.15) is 12.8 Å². The topological polar surface area (TPSA) is 0 Å². The van der Waals surface area contributed by atoms with Crippen LogP contribution in [0, 0.1) is 0 Å². The van der Waals surface area contributed by atoms with Gasteiger partial charge in [-0.1, -0.05) is 90.4 Å². The Kier molecular flexibility index (Phi) is 7.58. The van der Waals surface area contributed by atoms with Gasteiger partial charge in [-0.15, -0.1) is 0 Å². The smallest absolute Gasteiger partial charge is 0.0864 e. The van der Waals surface area contributed by atoms with Gasteiger partial charge in [0.05, 0.1) is 0 Å². The van der Waals surface area contributed by atoms with Crippen LogP contribution in [0.3, 0.4) is 0 Å². The molecule has 8 heavy (non-hydrogen) atoms. The molecule has 0 bridgehead atoms. The quantitative estimate of drug-likeness (QED) is 0.359. The molecular weight excluding hydrogens is 556 g/mol. The molecule has 0 aliphatic rings. The molecule has 0 atom stereocenters. The lowest BCUT2D eigenvalue weighted by atomic mass is 10.4. The van der Waals surface area contributed by atoms with E-state index in [1.54, 1.807) is 0 Å². The summed E-state index contributed by atoms with van der Waals surface area (Å²) in [5.41, 5.74) is 0. The SMILES string of the molecule is ICCCC(I)(I)I. The first-order valence-electron chi connectivity index (χ1n) is 2.19. The maximum atomic E-state index is 2.47. The summed E-state index contributed by atoms with van der Waals surface area (Å²) >= 11 is 9.83. The molecule has 0 radical (unpaired) electrons. The van der Waals surface area contributed by atoms with Gasteiger partial charge >= 0.3 is 0 Å². The Morgan fingerprint density at radius 3 is 1.75 bits per heavy atom.